The monoisotopic (exact) mass is 756 g/mol. The molecule has 3 aromatic heterocycles. The highest BCUT2D eigenvalue weighted by molar-refractivity contribution is 7.25. The highest BCUT2D eigenvalue weighted by Gasteiger charge is 2.22. The molecule has 4 nitrogen and oxygen atoms in total. The normalized spacial score (nSPS) is 11.8. The van der Waals surface area contributed by atoms with Crippen molar-refractivity contribution in [3.05, 3.63) is 194 Å². The zero-order chi connectivity index (χ0) is 38.2. The number of rotatable bonds is 5. The molecule has 0 saturated heterocycles. The SMILES string of the molecule is c1ccc(-c2nc(-c3ccccc3)nc(-c3cccc(-n4c5ccc6ccccc6c5c5cc6ccccc6c(-c6ccc7sc8ccccc8c7c6)c54)c3)n2)cc1. The van der Waals surface area contributed by atoms with Crippen LogP contribution >= 0.6 is 11.3 Å². The summed E-state index contributed by atoms with van der Waals surface area (Å²) in [5.41, 5.74) is 8.57. The van der Waals surface area contributed by atoms with Crippen LogP contribution in [0.4, 0.5) is 0 Å². The van der Waals surface area contributed by atoms with Crippen LogP contribution in [0.25, 0.3) is 115 Å². The summed E-state index contributed by atoms with van der Waals surface area (Å²) >= 11 is 1.86. The van der Waals surface area contributed by atoms with E-state index < -0.39 is 0 Å². The van der Waals surface area contributed by atoms with Crippen LogP contribution in [0.3, 0.4) is 0 Å². The molecule has 0 fully saturated rings. The zero-order valence-electron chi connectivity index (χ0n) is 31.2. The highest BCUT2D eigenvalue weighted by Crippen LogP contribution is 2.46. The lowest BCUT2D eigenvalue weighted by molar-refractivity contribution is 1.07. The Bertz CT molecular complexity index is 3510. The minimum absolute atomic E-state index is 0.626. The molecule has 9 aromatic carbocycles. The smallest absolute Gasteiger partial charge is 0.164 e. The third kappa shape index (κ3) is 5.18. The molecule has 270 valence electrons. The Labute approximate surface area is 338 Å². The van der Waals surface area contributed by atoms with E-state index in [1.54, 1.807) is 0 Å². The van der Waals surface area contributed by atoms with Crippen LogP contribution in [0.5, 0.6) is 0 Å². The van der Waals surface area contributed by atoms with E-state index in [1.807, 2.05) is 47.7 Å². The quantitative estimate of drug-likeness (QED) is 0.176. The minimum Gasteiger partial charge on any atom is -0.309 e. The first kappa shape index (κ1) is 32.7. The third-order valence-electron chi connectivity index (χ3n) is 11.4. The molecule has 58 heavy (non-hydrogen) atoms. The van der Waals surface area contributed by atoms with Crippen LogP contribution in [0.1, 0.15) is 0 Å². The van der Waals surface area contributed by atoms with E-state index in [0.717, 1.165) is 27.9 Å². The Balaban J connectivity index is 1.17. The molecule has 3 heterocycles. The molecule has 0 aliphatic rings. The maximum atomic E-state index is 5.11. The van der Waals surface area contributed by atoms with Gasteiger partial charge in [0.1, 0.15) is 0 Å². The first-order valence-electron chi connectivity index (χ1n) is 19.5. The van der Waals surface area contributed by atoms with Crippen molar-refractivity contribution >= 4 is 74.9 Å². The summed E-state index contributed by atoms with van der Waals surface area (Å²) < 4.78 is 5.07. The van der Waals surface area contributed by atoms with Gasteiger partial charge in [0.25, 0.3) is 0 Å². The molecule has 5 heteroatoms. The van der Waals surface area contributed by atoms with Crippen molar-refractivity contribution in [3.63, 3.8) is 0 Å². The number of fused-ring (bicyclic) bond motifs is 9. The predicted octanol–water partition coefficient (Wildman–Crippen LogP) is 14.3. The molecule has 0 amide bonds. The van der Waals surface area contributed by atoms with Crippen LogP contribution in [-0.4, -0.2) is 19.5 Å². The van der Waals surface area contributed by atoms with Gasteiger partial charge in [0.15, 0.2) is 17.5 Å². The molecule has 0 atom stereocenters. The summed E-state index contributed by atoms with van der Waals surface area (Å²) in [6.07, 6.45) is 0. The molecule has 0 bridgehead atoms. The van der Waals surface area contributed by atoms with E-state index in [9.17, 15) is 0 Å². The summed E-state index contributed by atoms with van der Waals surface area (Å²) in [5, 5.41) is 9.93. The van der Waals surface area contributed by atoms with Crippen molar-refractivity contribution in [3.8, 4) is 51.0 Å². The molecule has 12 aromatic rings. The van der Waals surface area contributed by atoms with Gasteiger partial charge in [-0.1, -0.05) is 152 Å². The van der Waals surface area contributed by atoms with Gasteiger partial charge in [0, 0.05) is 58.9 Å². The van der Waals surface area contributed by atoms with Crippen molar-refractivity contribution in [1.82, 2.24) is 19.5 Å². The molecule has 0 spiro atoms. The number of benzene rings is 9. The highest BCUT2D eigenvalue weighted by atomic mass is 32.1. The van der Waals surface area contributed by atoms with Crippen LogP contribution in [0, 0.1) is 0 Å². The summed E-state index contributed by atoms with van der Waals surface area (Å²) in [6.45, 7) is 0. The van der Waals surface area contributed by atoms with Crippen LogP contribution in [0.15, 0.2) is 194 Å². The number of nitrogens with zero attached hydrogens (tertiary/aromatic N) is 4. The molecule has 0 radical (unpaired) electrons. The topological polar surface area (TPSA) is 43.6 Å². The van der Waals surface area contributed by atoms with E-state index in [-0.39, 0.29) is 0 Å². The number of thiophene rings is 1. The molecule has 0 aliphatic heterocycles. The lowest BCUT2D eigenvalue weighted by Crippen LogP contribution is -2.01. The molecule has 0 unspecified atom stereocenters. The maximum Gasteiger partial charge on any atom is 0.164 e. The second-order valence-corrected chi connectivity index (χ2v) is 15.9. The summed E-state index contributed by atoms with van der Waals surface area (Å²) in [5.74, 6) is 1.91. The number of hydrogen-bond acceptors (Lipinski definition) is 4. The summed E-state index contributed by atoms with van der Waals surface area (Å²) in [7, 11) is 0. The minimum atomic E-state index is 0.626. The van der Waals surface area contributed by atoms with Crippen molar-refractivity contribution in [2.24, 2.45) is 0 Å². The average molecular weight is 757 g/mol. The van der Waals surface area contributed by atoms with Gasteiger partial charge in [-0.15, -0.1) is 11.3 Å². The van der Waals surface area contributed by atoms with E-state index >= 15 is 0 Å². The van der Waals surface area contributed by atoms with Gasteiger partial charge in [-0.3, -0.25) is 0 Å². The van der Waals surface area contributed by atoms with Gasteiger partial charge in [-0.25, -0.2) is 15.0 Å². The Morgan fingerprint density at radius 1 is 0.362 bits per heavy atom. The number of aromatic nitrogens is 4. The van der Waals surface area contributed by atoms with Gasteiger partial charge >= 0.3 is 0 Å². The van der Waals surface area contributed by atoms with Crippen molar-refractivity contribution in [1.29, 1.82) is 0 Å². The van der Waals surface area contributed by atoms with Gasteiger partial charge in [0.05, 0.1) is 11.0 Å². The van der Waals surface area contributed by atoms with Gasteiger partial charge < -0.3 is 4.57 Å². The van der Waals surface area contributed by atoms with E-state index in [2.05, 4.69) is 162 Å². The average Bonchev–Trinajstić information content (AvgIpc) is 3.84. The second-order valence-electron chi connectivity index (χ2n) is 14.8. The second kappa shape index (κ2) is 13.1. The zero-order valence-corrected chi connectivity index (χ0v) is 32.0. The van der Waals surface area contributed by atoms with Gasteiger partial charge in [-0.05, 0) is 69.6 Å². The molecule has 0 N–H and O–H groups in total. The number of hydrogen-bond donors (Lipinski definition) is 0. The lowest BCUT2D eigenvalue weighted by atomic mass is 9.93. The lowest BCUT2D eigenvalue weighted by Gasteiger charge is -2.16. The van der Waals surface area contributed by atoms with Gasteiger partial charge in [-0.2, -0.15) is 0 Å². The largest absolute Gasteiger partial charge is 0.309 e. The molecule has 12 rings (SSSR count). The Morgan fingerprint density at radius 2 is 0.966 bits per heavy atom. The van der Waals surface area contributed by atoms with Gasteiger partial charge in [0.2, 0.25) is 0 Å². The fraction of sp³-hybridized carbons (Fsp3) is 0. The maximum absolute atomic E-state index is 5.11. The molecular formula is C53H32N4S. The predicted molar refractivity (Wildman–Crippen MR) is 244 cm³/mol. The van der Waals surface area contributed by atoms with Crippen molar-refractivity contribution in [2.45, 2.75) is 0 Å². The van der Waals surface area contributed by atoms with Crippen LogP contribution in [0.2, 0.25) is 0 Å². The van der Waals surface area contributed by atoms with E-state index in [1.165, 1.54) is 69.1 Å². The van der Waals surface area contributed by atoms with Crippen molar-refractivity contribution in [2.75, 3.05) is 0 Å². The summed E-state index contributed by atoms with van der Waals surface area (Å²) in [4.78, 5) is 15.2. The third-order valence-corrected chi connectivity index (χ3v) is 12.5. The first-order chi connectivity index (χ1) is 28.7. The summed E-state index contributed by atoms with van der Waals surface area (Å²) in [6, 6.07) is 69.3. The van der Waals surface area contributed by atoms with Crippen LogP contribution in [-0.2, 0) is 0 Å². The standard InChI is InChI=1S/C53H32N4S/c1-3-15-34(16-4-1)51-54-52(35-17-5-2-6-18-35)56-53(55-51)38-20-13-21-39(30-38)57-45-28-26-33-14-7-9-22-40(33)49(45)44-31-36-19-8-10-23-41(36)48(50(44)57)37-27-29-47-43(32-37)42-24-11-12-25-46(42)58-47/h1-32H. The fourth-order valence-corrected chi connectivity index (χ4v) is 9.86. The molecule has 0 saturated carbocycles. The molecular weight excluding hydrogens is 725 g/mol. The Kier molecular flexibility index (Phi) is 7.37. The molecule has 0 aliphatic carbocycles. The van der Waals surface area contributed by atoms with E-state index in [4.69, 9.17) is 15.0 Å². The van der Waals surface area contributed by atoms with Crippen molar-refractivity contribution < 1.29 is 0 Å². The fourth-order valence-electron chi connectivity index (χ4n) is 8.77. The Morgan fingerprint density at radius 3 is 1.72 bits per heavy atom. The van der Waals surface area contributed by atoms with E-state index in [0.29, 0.717) is 17.5 Å². The first-order valence-corrected chi connectivity index (χ1v) is 20.3. The Hall–Kier alpha value is -7.47. The van der Waals surface area contributed by atoms with Crippen LogP contribution < -0.4 is 0 Å².